The predicted octanol–water partition coefficient (Wildman–Crippen LogP) is 2.28. The Balaban J connectivity index is 1.43. The van der Waals surface area contributed by atoms with E-state index in [0.29, 0.717) is 17.2 Å². The molecule has 3 aromatic carbocycles. The van der Waals surface area contributed by atoms with Crippen molar-refractivity contribution in [3.8, 4) is 11.5 Å². The molecule has 12 heteroatoms. The van der Waals surface area contributed by atoms with Gasteiger partial charge in [-0.05, 0) is 67.6 Å². The summed E-state index contributed by atoms with van der Waals surface area (Å²) < 4.78 is 64.9. The van der Waals surface area contributed by atoms with Crippen LogP contribution in [0.5, 0.6) is 11.5 Å². The number of amides is 1. The lowest BCUT2D eigenvalue weighted by molar-refractivity contribution is -0.123. The molecule has 3 N–H and O–H groups in total. The molecule has 0 aliphatic rings. The molecule has 0 fully saturated rings. The molecule has 0 aromatic heterocycles. The zero-order chi connectivity index (χ0) is 26.2. The van der Waals surface area contributed by atoms with E-state index in [1.54, 1.807) is 36.4 Å². The number of rotatable bonds is 12. The van der Waals surface area contributed by atoms with E-state index >= 15 is 0 Å². The van der Waals surface area contributed by atoms with Crippen LogP contribution in [0.15, 0.2) is 82.6 Å². The zero-order valence-electron chi connectivity index (χ0n) is 19.7. The third-order valence-electron chi connectivity index (χ3n) is 4.92. The van der Waals surface area contributed by atoms with Gasteiger partial charge in [0.05, 0.1) is 16.9 Å². The SMILES string of the molecule is COc1ccc(NS(=O)(=O)c2ccc(OCC(=O)NCCNS(=O)(=O)c3ccc(C)cc3)cc2)cc1. The average Bonchev–Trinajstić information content (AvgIpc) is 2.86. The lowest BCUT2D eigenvalue weighted by Gasteiger charge is -2.11. The fourth-order valence-electron chi connectivity index (χ4n) is 2.98. The van der Waals surface area contributed by atoms with Gasteiger partial charge in [0.25, 0.3) is 15.9 Å². The van der Waals surface area contributed by atoms with Gasteiger partial charge in [0.2, 0.25) is 10.0 Å². The summed E-state index contributed by atoms with van der Waals surface area (Å²) in [5.41, 5.74) is 1.33. The molecule has 0 aliphatic carbocycles. The number of aryl methyl sites for hydroxylation is 1. The quantitative estimate of drug-likeness (QED) is 0.304. The second kappa shape index (κ2) is 11.9. The van der Waals surface area contributed by atoms with E-state index in [0.717, 1.165) is 5.56 Å². The summed E-state index contributed by atoms with van der Waals surface area (Å²) in [4.78, 5) is 12.2. The minimum atomic E-state index is -3.81. The molecule has 0 radical (unpaired) electrons. The first kappa shape index (κ1) is 27.0. The fourth-order valence-corrected chi connectivity index (χ4v) is 5.07. The van der Waals surface area contributed by atoms with Crippen molar-refractivity contribution in [2.75, 3.05) is 31.5 Å². The van der Waals surface area contributed by atoms with Crippen LogP contribution in [0.2, 0.25) is 0 Å². The van der Waals surface area contributed by atoms with Crippen molar-refractivity contribution < 1.29 is 31.1 Å². The summed E-state index contributed by atoms with van der Waals surface area (Å²) in [7, 11) is -5.96. The minimum Gasteiger partial charge on any atom is -0.497 e. The number of carbonyl (C=O) groups excluding carboxylic acids is 1. The van der Waals surface area contributed by atoms with Crippen LogP contribution in [0.3, 0.4) is 0 Å². The van der Waals surface area contributed by atoms with Crippen molar-refractivity contribution in [3.05, 3.63) is 78.4 Å². The van der Waals surface area contributed by atoms with Gasteiger partial charge in [0.1, 0.15) is 11.5 Å². The molecule has 1 amide bonds. The van der Waals surface area contributed by atoms with Crippen molar-refractivity contribution in [2.45, 2.75) is 16.7 Å². The minimum absolute atomic E-state index is 0.00962. The number of hydrogen-bond acceptors (Lipinski definition) is 7. The second-order valence-corrected chi connectivity index (χ2v) is 11.1. The molecule has 0 saturated heterocycles. The zero-order valence-corrected chi connectivity index (χ0v) is 21.4. The molecular formula is C24H27N3O7S2. The van der Waals surface area contributed by atoms with Gasteiger partial charge in [-0.1, -0.05) is 17.7 Å². The van der Waals surface area contributed by atoms with Crippen molar-refractivity contribution in [1.29, 1.82) is 0 Å². The Labute approximate surface area is 210 Å². The Morgan fingerprint density at radius 3 is 1.92 bits per heavy atom. The van der Waals surface area contributed by atoms with Crippen LogP contribution in [0.4, 0.5) is 5.69 Å². The van der Waals surface area contributed by atoms with Gasteiger partial charge >= 0.3 is 0 Å². The lowest BCUT2D eigenvalue weighted by atomic mass is 10.2. The van der Waals surface area contributed by atoms with Crippen molar-refractivity contribution >= 4 is 31.6 Å². The molecule has 0 unspecified atom stereocenters. The summed E-state index contributed by atoms with van der Waals surface area (Å²) in [6.07, 6.45) is 0. The first-order valence-corrected chi connectivity index (χ1v) is 13.8. The number of sulfonamides is 2. The number of ether oxygens (including phenoxy) is 2. The lowest BCUT2D eigenvalue weighted by Crippen LogP contribution is -2.36. The van der Waals surface area contributed by atoms with E-state index in [4.69, 9.17) is 9.47 Å². The molecule has 36 heavy (non-hydrogen) atoms. The average molecular weight is 534 g/mol. The normalized spacial score (nSPS) is 11.5. The van der Waals surface area contributed by atoms with Gasteiger partial charge in [-0.3, -0.25) is 9.52 Å². The monoisotopic (exact) mass is 533 g/mol. The smallest absolute Gasteiger partial charge is 0.261 e. The molecule has 3 rings (SSSR count). The third-order valence-corrected chi connectivity index (χ3v) is 7.79. The van der Waals surface area contributed by atoms with E-state index in [1.807, 2.05) is 6.92 Å². The predicted molar refractivity (Wildman–Crippen MR) is 135 cm³/mol. The number of benzene rings is 3. The first-order valence-electron chi connectivity index (χ1n) is 10.8. The van der Waals surface area contributed by atoms with E-state index in [2.05, 4.69) is 14.8 Å². The maximum Gasteiger partial charge on any atom is 0.261 e. The van der Waals surface area contributed by atoms with Crippen LogP contribution in [0, 0.1) is 6.92 Å². The second-order valence-electron chi connectivity index (χ2n) is 7.65. The Hall–Kier alpha value is -3.61. The summed E-state index contributed by atoms with van der Waals surface area (Å²) in [6, 6.07) is 18.5. The van der Waals surface area contributed by atoms with Crippen LogP contribution in [-0.2, 0) is 24.8 Å². The van der Waals surface area contributed by atoms with Gasteiger partial charge in [-0.2, -0.15) is 0 Å². The molecule has 192 valence electrons. The number of nitrogens with one attached hydrogen (secondary N) is 3. The molecule has 0 saturated carbocycles. The van der Waals surface area contributed by atoms with Crippen molar-refractivity contribution in [1.82, 2.24) is 10.0 Å². The van der Waals surface area contributed by atoms with Crippen molar-refractivity contribution in [3.63, 3.8) is 0 Å². The Kier molecular flexibility index (Phi) is 8.91. The first-order chi connectivity index (χ1) is 17.1. The van der Waals surface area contributed by atoms with Crippen LogP contribution in [0.1, 0.15) is 5.56 Å². The Morgan fingerprint density at radius 2 is 1.31 bits per heavy atom. The van der Waals surface area contributed by atoms with E-state index in [1.165, 1.54) is 43.5 Å². The highest BCUT2D eigenvalue weighted by Gasteiger charge is 2.15. The Bertz CT molecular complexity index is 1370. The summed E-state index contributed by atoms with van der Waals surface area (Å²) in [6.45, 7) is 1.62. The van der Waals surface area contributed by atoms with Crippen LogP contribution >= 0.6 is 0 Å². The van der Waals surface area contributed by atoms with Gasteiger partial charge in [0, 0.05) is 18.8 Å². The highest BCUT2D eigenvalue weighted by molar-refractivity contribution is 7.92. The van der Waals surface area contributed by atoms with Crippen molar-refractivity contribution in [2.24, 2.45) is 0 Å². The number of hydrogen-bond donors (Lipinski definition) is 3. The third kappa shape index (κ3) is 7.70. The number of anilines is 1. The van der Waals surface area contributed by atoms with E-state index in [9.17, 15) is 21.6 Å². The molecule has 0 heterocycles. The number of methoxy groups -OCH3 is 1. The molecular weight excluding hydrogens is 506 g/mol. The van der Waals surface area contributed by atoms with Crippen LogP contribution < -0.4 is 24.2 Å². The summed E-state index contributed by atoms with van der Waals surface area (Å²) in [5, 5.41) is 2.55. The van der Waals surface area contributed by atoms with Gasteiger partial charge in [-0.25, -0.2) is 21.6 Å². The van der Waals surface area contributed by atoms with Gasteiger partial charge in [-0.15, -0.1) is 0 Å². The van der Waals surface area contributed by atoms with E-state index in [-0.39, 0.29) is 29.5 Å². The summed E-state index contributed by atoms with van der Waals surface area (Å²) >= 11 is 0. The standard InChI is InChI=1S/C24H27N3O7S2/c1-18-3-11-22(12-4-18)35(29,30)26-16-15-25-24(28)17-34-21-9-13-23(14-10-21)36(31,32)27-19-5-7-20(33-2)8-6-19/h3-14,26-27H,15-17H2,1-2H3,(H,25,28). The molecule has 0 aliphatic heterocycles. The molecule has 0 atom stereocenters. The highest BCUT2D eigenvalue weighted by atomic mass is 32.2. The Morgan fingerprint density at radius 1 is 0.750 bits per heavy atom. The number of carbonyl (C=O) groups is 1. The van der Waals surface area contributed by atoms with Gasteiger partial charge in [0.15, 0.2) is 6.61 Å². The van der Waals surface area contributed by atoms with Gasteiger partial charge < -0.3 is 14.8 Å². The molecule has 0 bridgehead atoms. The largest absolute Gasteiger partial charge is 0.497 e. The maximum atomic E-state index is 12.6. The summed E-state index contributed by atoms with van der Waals surface area (Å²) in [5.74, 6) is 0.447. The van der Waals surface area contributed by atoms with Crippen LogP contribution in [0.25, 0.3) is 0 Å². The topological polar surface area (TPSA) is 140 Å². The molecule has 10 nitrogen and oxygen atoms in total. The van der Waals surface area contributed by atoms with Crippen LogP contribution in [-0.4, -0.2) is 49.5 Å². The highest BCUT2D eigenvalue weighted by Crippen LogP contribution is 2.21. The maximum absolute atomic E-state index is 12.6. The fraction of sp³-hybridized carbons (Fsp3) is 0.208. The molecule has 0 spiro atoms. The van der Waals surface area contributed by atoms with E-state index < -0.39 is 26.0 Å². The molecule has 3 aromatic rings.